The summed E-state index contributed by atoms with van der Waals surface area (Å²) in [6, 6.07) is 13.3. The lowest BCUT2D eigenvalue weighted by atomic mass is 9.94. The van der Waals surface area contributed by atoms with Crippen LogP contribution in [0.4, 0.5) is 0 Å². The first-order chi connectivity index (χ1) is 10.1. The predicted octanol–water partition coefficient (Wildman–Crippen LogP) is 5.48. The van der Waals surface area contributed by atoms with Crippen LogP contribution in [0, 0.1) is 0 Å². The normalized spacial score (nSPS) is 11.7. The fourth-order valence-electron chi connectivity index (χ4n) is 2.82. The van der Waals surface area contributed by atoms with E-state index < -0.39 is 0 Å². The lowest BCUT2D eigenvalue weighted by Gasteiger charge is -2.11. The standard InChI is InChI=1S/C19H22N2/c1-12(2)14-5-7-15(8-6-14)17-10-9-16(13(3)4)18-19(17)21-11-20-18/h5-13H,1-4H3,(H,20,21). The fourth-order valence-corrected chi connectivity index (χ4v) is 2.82. The third-order valence-corrected chi connectivity index (χ3v) is 4.12. The number of hydrogen-bond donors (Lipinski definition) is 1. The second kappa shape index (κ2) is 5.36. The average Bonchev–Trinajstić information content (AvgIpc) is 2.95. The van der Waals surface area contributed by atoms with Crippen LogP contribution in [0.1, 0.15) is 50.7 Å². The Labute approximate surface area is 126 Å². The van der Waals surface area contributed by atoms with Crippen molar-refractivity contribution >= 4 is 11.0 Å². The van der Waals surface area contributed by atoms with E-state index in [-0.39, 0.29) is 0 Å². The third-order valence-electron chi connectivity index (χ3n) is 4.12. The van der Waals surface area contributed by atoms with Gasteiger partial charge in [-0.05, 0) is 28.5 Å². The van der Waals surface area contributed by atoms with E-state index >= 15 is 0 Å². The van der Waals surface area contributed by atoms with Gasteiger partial charge in [-0.25, -0.2) is 4.98 Å². The van der Waals surface area contributed by atoms with Crippen LogP contribution in [0.15, 0.2) is 42.7 Å². The van der Waals surface area contributed by atoms with Crippen LogP contribution in [0.5, 0.6) is 0 Å². The summed E-state index contributed by atoms with van der Waals surface area (Å²) in [5, 5.41) is 0. The summed E-state index contributed by atoms with van der Waals surface area (Å²) in [6.07, 6.45) is 1.79. The van der Waals surface area contributed by atoms with Gasteiger partial charge in [0.05, 0.1) is 17.4 Å². The molecule has 3 aromatic rings. The minimum atomic E-state index is 0.491. The quantitative estimate of drug-likeness (QED) is 0.675. The molecule has 0 saturated carbocycles. The lowest BCUT2D eigenvalue weighted by molar-refractivity contribution is 0.867. The molecule has 1 aromatic heterocycles. The molecular weight excluding hydrogens is 256 g/mol. The highest BCUT2D eigenvalue weighted by Gasteiger charge is 2.12. The molecule has 0 fully saturated rings. The molecule has 3 rings (SSSR count). The number of benzene rings is 2. The Kier molecular flexibility index (Phi) is 3.54. The molecule has 0 radical (unpaired) electrons. The lowest BCUT2D eigenvalue weighted by Crippen LogP contribution is -1.92. The minimum Gasteiger partial charge on any atom is -0.344 e. The van der Waals surface area contributed by atoms with Crippen LogP contribution >= 0.6 is 0 Å². The van der Waals surface area contributed by atoms with Crippen LogP contribution in [0.25, 0.3) is 22.2 Å². The average molecular weight is 278 g/mol. The number of nitrogens with one attached hydrogen (secondary N) is 1. The topological polar surface area (TPSA) is 28.7 Å². The molecule has 0 aliphatic heterocycles. The molecule has 0 aliphatic rings. The molecule has 21 heavy (non-hydrogen) atoms. The maximum absolute atomic E-state index is 4.54. The van der Waals surface area contributed by atoms with Crippen molar-refractivity contribution in [2.24, 2.45) is 0 Å². The number of H-pyrrole nitrogens is 1. The van der Waals surface area contributed by atoms with Gasteiger partial charge in [-0.2, -0.15) is 0 Å². The largest absolute Gasteiger partial charge is 0.344 e. The number of rotatable bonds is 3. The van der Waals surface area contributed by atoms with Crippen LogP contribution in [0.2, 0.25) is 0 Å². The van der Waals surface area contributed by atoms with Crippen molar-refractivity contribution in [2.75, 3.05) is 0 Å². The Balaban J connectivity index is 2.13. The number of imidazole rings is 1. The molecule has 0 aliphatic carbocycles. The third kappa shape index (κ3) is 2.46. The van der Waals surface area contributed by atoms with E-state index in [4.69, 9.17) is 0 Å². The Morgan fingerprint density at radius 1 is 0.857 bits per heavy atom. The van der Waals surface area contributed by atoms with Gasteiger partial charge in [-0.15, -0.1) is 0 Å². The molecule has 1 heterocycles. The molecular formula is C19H22N2. The first kappa shape index (κ1) is 13.9. The molecule has 0 bridgehead atoms. The summed E-state index contributed by atoms with van der Waals surface area (Å²) in [6.45, 7) is 8.87. The first-order valence-electron chi connectivity index (χ1n) is 7.64. The minimum absolute atomic E-state index is 0.491. The van der Waals surface area contributed by atoms with E-state index in [9.17, 15) is 0 Å². The molecule has 2 nitrogen and oxygen atoms in total. The molecule has 0 atom stereocenters. The van der Waals surface area contributed by atoms with E-state index in [1.807, 2.05) is 0 Å². The Bertz CT molecular complexity index is 749. The fraction of sp³-hybridized carbons (Fsp3) is 0.316. The zero-order chi connectivity index (χ0) is 15.0. The van der Waals surface area contributed by atoms with Crippen molar-refractivity contribution in [2.45, 2.75) is 39.5 Å². The molecule has 2 heteroatoms. The zero-order valence-electron chi connectivity index (χ0n) is 13.1. The monoisotopic (exact) mass is 278 g/mol. The van der Waals surface area contributed by atoms with E-state index in [0.29, 0.717) is 11.8 Å². The highest BCUT2D eigenvalue weighted by atomic mass is 14.9. The van der Waals surface area contributed by atoms with Gasteiger partial charge < -0.3 is 4.98 Å². The van der Waals surface area contributed by atoms with Gasteiger partial charge >= 0.3 is 0 Å². The van der Waals surface area contributed by atoms with Gasteiger partial charge in [0, 0.05) is 5.56 Å². The second-order valence-electron chi connectivity index (χ2n) is 6.26. The molecule has 1 N–H and O–H groups in total. The van der Waals surface area contributed by atoms with Crippen molar-refractivity contribution in [1.29, 1.82) is 0 Å². The van der Waals surface area contributed by atoms with Gasteiger partial charge in [-0.1, -0.05) is 64.1 Å². The van der Waals surface area contributed by atoms with Crippen molar-refractivity contribution < 1.29 is 0 Å². The number of aromatic amines is 1. The van der Waals surface area contributed by atoms with Gasteiger partial charge in [-0.3, -0.25) is 0 Å². The first-order valence-corrected chi connectivity index (χ1v) is 7.64. The predicted molar refractivity (Wildman–Crippen MR) is 89.7 cm³/mol. The maximum Gasteiger partial charge on any atom is 0.0963 e. The van der Waals surface area contributed by atoms with Gasteiger partial charge in [0.2, 0.25) is 0 Å². The summed E-state index contributed by atoms with van der Waals surface area (Å²) in [7, 11) is 0. The highest BCUT2D eigenvalue weighted by molar-refractivity contribution is 5.93. The van der Waals surface area contributed by atoms with Gasteiger partial charge in [0.15, 0.2) is 0 Å². The summed E-state index contributed by atoms with van der Waals surface area (Å²) in [4.78, 5) is 7.84. The zero-order valence-corrected chi connectivity index (χ0v) is 13.1. The smallest absolute Gasteiger partial charge is 0.0963 e. The molecule has 2 aromatic carbocycles. The van der Waals surface area contributed by atoms with E-state index in [0.717, 1.165) is 11.0 Å². The van der Waals surface area contributed by atoms with E-state index in [1.165, 1.54) is 22.3 Å². The summed E-state index contributed by atoms with van der Waals surface area (Å²) in [5.74, 6) is 1.05. The van der Waals surface area contributed by atoms with E-state index in [2.05, 4.69) is 74.1 Å². The number of fused-ring (bicyclic) bond motifs is 1. The van der Waals surface area contributed by atoms with Crippen molar-refractivity contribution in [3.63, 3.8) is 0 Å². The molecule has 0 saturated heterocycles. The molecule has 108 valence electrons. The second-order valence-corrected chi connectivity index (χ2v) is 6.26. The van der Waals surface area contributed by atoms with Crippen molar-refractivity contribution in [3.05, 3.63) is 53.9 Å². The number of nitrogens with zero attached hydrogens (tertiary/aromatic N) is 1. The summed E-state index contributed by atoms with van der Waals surface area (Å²) < 4.78 is 0. The Hall–Kier alpha value is -2.09. The molecule has 0 amide bonds. The van der Waals surface area contributed by atoms with Crippen LogP contribution in [-0.2, 0) is 0 Å². The van der Waals surface area contributed by atoms with Crippen LogP contribution in [0.3, 0.4) is 0 Å². The number of aromatic nitrogens is 2. The molecule has 0 unspecified atom stereocenters. The Morgan fingerprint density at radius 3 is 2.19 bits per heavy atom. The summed E-state index contributed by atoms with van der Waals surface area (Å²) >= 11 is 0. The molecule has 0 spiro atoms. The number of hydrogen-bond acceptors (Lipinski definition) is 1. The summed E-state index contributed by atoms with van der Waals surface area (Å²) in [5.41, 5.74) is 7.35. The van der Waals surface area contributed by atoms with Gasteiger partial charge in [0.25, 0.3) is 0 Å². The van der Waals surface area contributed by atoms with Crippen LogP contribution < -0.4 is 0 Å². The van der Waals surface area contributed by atoms with Crippen LogP contribution in [-0.4, -0.2) is 9.97 Å². The van der Waals surface area contributed by atoms with Gasteiger partial charge in [0.1, 0.15) is 0 Å². The van der Waals surface area contributed by atoms with Crippen molar-refractivity contribution in [3.8, 4) is 11.1 Å². The Morgan fingerprint density at radius 2 is 1.57 bits per heavy atom. The maximum atomic E-state index is 4.54. The SMILES string of the molecule is CC(C)c1ccc(-c2ccc(C(C)C)c3[nH]cnc23)cc1. The van der Waals surface area contributed by atoms with Crippen molar-refractivity contribution in [1.82, 2.24) is 9.97 Å². The van der Waals surface area contributed by atoms with E-state index in [1.54, 1.807) is 6.33 Å². The highest BCUT2D eigenvalue weighted by Crippen LogP contribution is 2.32.